The smallest absolute Gasteiger partial charge is 0.332 e. The Kier molecular flexibility index (Phi) is 12.8. The van der Waals surface area contributed by atoms with Crippen molar-refractivity contribution in [3.63, 3.8) is 0 Å². The number of esters is 2. The zero-order valence-corrected chi connectivity index (χ0v) is 18.2. The molecule has 0 N–H and O–H groups in total. The van der Waals surface area contributed by atoms with Gasteiger partial charge in [0, 0.05) is 0 Å². The first kappa shape index (κ1) is 25.3. The Morgan fingerprint density at radius 2 is 0.967 bits per heavy atom. The molecule has 30 heavy (non-hydrogen) atoms. The lowest BCUT2D eigenvalue weighted by Crippen LogP contribution is -2.15. The maximum atomic E-state index is 11.2. The molecule has 0 heterocycles. The molecule has 0 aromatic heterocycles. The van der Waals surface area contributed by atoms with E-state index in [9.17, 15) is 9.59 Å². The highest BCUT2D eigenvalue weighted by molar-refractivity contribution is 5.71. The molecular formula is C24H32O6. The van der Waals surface area contributed by atoms with Crippen LogP contribution in [0.3, 0.4) is 0 Å². The highest BCUT2D eigenvalue weighted by atomic mass is 16.6. The Bertz CT molecular complexity index is 649. The summed E-state index contributed by atoms with van der Waals surface area (Å²) < 4.78 is 20.3. The normalized spacial score (nSPS) is 10.3. The predicted octanol–water partition coefficient (Wildman–Crippen LogP) is 4.31. The fourth-order valence-electron chi connectivity index (χ4n) is 2.03. The molecule has 0 spiro atoms. The van der Waals surface area contributed by atoms with E-state index in [-0.39, 0.29) is 37.4 Å². The molecule has 0 radical (unpaired) electrons. The van der Waals surface area contributed by atoms with Crippen molar-refractivity contribution < 1.29 is 28.5 Å². The predicted molar refractivity (Wildman–Crippen MR) is 115 cm³/mol. The van der Waals surface area contributed by atoms with Crippen molar-refractivity contribution in [1.29, 1.82) is 0 Å². The van der Waals surface area contributed by atoms with Crippen molar-refractivity contribution >= 4 is 11.9 Å². The van der Waals surface area contributed by atoms with Crippen LogP contribution in [0.15, 0.2) is 60.7 Å². The number of ether oxygens (including phenoxy) is 4. The summed E-state index contributed by atoms with van der Waals surface area (Å²) in [6.07, 6.45) is 0.101. The summed E-state index contributed by atoms with van der Waals surface area (Å²) in [5.41, 5.74) is 1.96. The molecule has 6 nitrogen and oxygen atoms in total. The molecule has 0 atom stereocenters. The van der Waals surface area contributed by atoms with Crippen LogP contribution in [0.4, 0.5) is 0 Å². The van der Waals surface area contributed by atoms with Gasteiger partial charge in [0.1, 0.15) is 26.4 Å². The molecule has 0 saturated carbocycles. The highest BCUT2D eigenvalue weighted by Crippen LogP contribution is 2.02. The summed E-state index contributed by atoms with van der Waals surface area (Å²) in [5, 5.41) is 0. The second kappa shape index (κ2) is 15.2. The minimum Gasteiger partial charge on any atom is -0.459 e. The molecule has 6 heteroatoms. The summed E-state index contributed by atoms with van der Waals surface area (Å²) in [5.74, 6) is -0.653. The zero-order valence-electron chi connectivity index (χ0n) is 18.2. The first-order chi connectivity index (χ1) is 14.4. The number of hydrogen-bond donors (Lipinski definition) is 0. The average molecular weight is 417 g/mol. The van der Waals surface area contributed by atoms with E-state index in [0.29, 0.717) is 13.2 Å². The molecule has 0 fully saturated rings. The largest absolute Gasteiger partial charge is 0.459 e. The van der Waals surface area contributed by atoms with Crippen LogP contribution in [0.5, 0.6) is 0 Å². The lowest BCUT2D eigenvalue weighted by atomic mass is 10.2. The molecule has 0 bridgehead atoms. The lowest BCUT2D eigenvalue weighted by molar-refractivity contribution is -0.152. The Labute approximate surface area is 179 Å². The molecule has 2 rings (SSSR count). The Balaban J connectivity index is 0.000000300. The van der Waals surface area contributed by atoms with Gasteiger partial charge in [0.25, 0.3) is 0 Å². The molecule has 0 amide bonds. The number of benzene rings is 2. The van der Waals surface area contributed by atoms with Crippen LogP contribution in [0.1, 0.15) is 38.8 Å². The summed E-state index contributed by atoms with van der Waals surface area (Å²) in [6, 6.07) is 19.1. The van der Waals surface area contributed by atoms with E-state index in [2.05, 4.69) is 0 Å². The number of rotatable bonds is 10. The van der Waals surface area contributed by atoms with Gasteiger partial charge in [0.05, 0.1) is 12.2 Å². The second-order valence-electron chi connectivity index (χ2n) is 7.01. The van der Waals surface area contributed by atoms with Crippen LogP contribution in [0.2, 0.25) is 0 Å². The van der Waals surface area contributed by atoms with Crippen molar-refractivity contribution in [1.82, 2.24) is 0 Å². The molecule has 2 aromatic carbocycles. The van der Waals surface area contributed by atoms with Gasteiger partial charge >= 0.3 is 11.9 Å². The number of hydrogen-bond acceptors (Lipinski definition) is 6. The van der Waals surface area contributed by atoms with E-state index in [1.807, 2.05) is 88.4 Å². The molecule has 0 saturated heterocycles. The van der Waals surface area contributed by atoms with Gasteiger partial charge in [-0.1, -0.05) is 60.7 Å². The Hall–Kier alpha value is -2.70. The fraction of sp³-hybridized carbons (Fsp3) is 0.417. The summed E-state index contributed by atoms with van der Waals surface area (Å²) in [4.78, 5) is 22.3. The van der Waals surface area contributed by atoms with Crippen LogP contribution in [0.25, 0.3) is 0 Å². The van der Waals surface area contributed by atoms with Crippen molar-refractivity contribution in [2.75, 3.05) is 13.2 Å². The van der Waals surface area contributed by atoms with Gasteiger partial charge in [-0.2, -0.15) is 0 Å². The molecule has 0 aliphatic rings. The van der Waals surface area contributed by atoms with Crippen LogP contribution < -0.4 is 0 Å². The Morgan fingerprint density at radius 3 is 1.27 bits per heavy atom. The quantitative estimate of drug-likeness (QED) is 0.538. The molecule has 2 aromatic rings. The van der Waals surface area contributed by atoms with Gasteiger partial charge in [-0.3, -0.25) is 0 Å². The van der Waals surface area contributed by atoms with E-state index in [0.717, 1.165) is 11.1 Å². The fourth-order valence-corrected chi connectivity index (χ4v) is 2.03. The molecular weight excluding hydrogens is 384 g/mol. The first-order valence-corrected chi connectivity index (χ1v) is 9.99. The SMILES string of the molecule is CC(C)OCC(=O)OCc1ccccc1.CC(C)OCC(=O)OCc1ccccc1. The molecule has 0 unspecified atom stereocenters. The minimum absolute atomic E-state index is 0.0184. The summed E-state index contributed by atoms with van der Waals surface area (Å²) in [7, 11) is 0. The van der Waals surface area contributed by atoms with Crippen LogP contribution in [-0.4, -0.2) is 37.4 Å². The molecule has 0 aliphatic carbocycles. The van der Waals surface area contributed by atoms with Crippen molar-refractivity contribution in [2.45, 2.75) is 53.1 Å². The molecule has 164 valence electrons. The summed E-state index contributed by atoms with van der Waals surface area (Å²) in [6.45, 7) is 8.17. The maximum absolute atomic E-state index is 11.2. The third kappa shape index (κ3) is 13.5. The van der Waals surface area contributed by atoms with Gasteiger partial charge in [0.15, 0.2) is 0 Å². The standard InChI is InChI=1S/2C12H16O3/c2*1-10(2)14-9-12(13)15-8-11-6-4-3-5-7-11/h2*3-7,10H,8-9H2,1-2H3. The van der Waals surface area contributed by atoms with Gasteiger partial charge in [-0.25, -0.2) is 9.59 Å². The van der Waals surface area contributed by atoms with Crippen molar-refractivity contribution in [3.8, 4) is 0 Å². The van der Waals surface area contributed by atoms with E-state index in [4.69, 9.17) is 18.9 Å². The van der Waals surface area contributed by atoms with Crippen LogP contribution >= 0.6 is 0 Å². The second-order valence-corrected chi connectivity index (χ2v) is 7.01. The van der Waals surface area contributed by atoms with Gasteiger partial charge in [-0.05, 0) is 38.8 Å². The summed E-state index contributed by atoms with van der Waals surface area (Å²) >= 11 is 0. The number of carbonyl (C=O) groups excluding carboxylic acids is 2. The van der Waals surface area contributed by atoms with Crippen LogP contribution in [-0.2, 0) is 41.8 Å². The lowest BCUT2D eigenvalue weighted by Gasteiger charge is -2.07. The van der Waals surface area contributed by atoms with E-state index >= 15 is 0 Å². The van der Waals surface area contributed by atoms with Crippen LogP contribution in [0, 0.1) is 0 Å². The van der Waals surface area contributed by atoms with Gasteiger partial charge in [0.2, 0.25) is 0 Å². The first-order valence-electron chi connectivity index (χ1n) is 9.99. The topological polar surface area (TPSA) is 71.1 Å². The maximum Gasteiger partial charge on any atom is 0.332 e. The zero-order chi connectivity index (χ0) is 22.2. The Morgan fingerprint density at radius 1 is 0.633 bits per heavy atom. The molecule has 0 aliphatic heterocycles. The van der Waals surface area contributed by atoms with Crippen molar-refractivity contribution in [3.05, 3.63) is 71.8 Å². The minimum atomic E-state index is -0.326. The van der Waals surface area contributed by atoms with Gasteiger partial charge in [-0.15, -0.1) is 0 Å². The van der Waals surface area contributed by atoms with Crippen molar-refractivity contribution in [2.24, 2.45) is 0 Å². The van der Waals surface area contributed by atoms with E-state index < -0.39 is 0 Å². The monoisotopic (exact) mass is 416 g/mol. The third-order valence-corrected chi connectivity index (χ3v) is 3.55. The van der Waals surface area contributed by atoms with E-state index in [1.54, 1.807) is 0 Å². The van der Waals surface area contributed by atoms with E-state index in [1.165, 1.54) is 0 Å². The average Bonchev–Trinajstić information content (AvgIpc) is 2.75. The number of carbonyl (C=O) groups is 2. The highest BCUT2D eigenvalue weighted by Gasteiger charge is 2.05. The van der Waals surface area contributed by atoms with Gasteiger partial charge < -0.3 is 18.9 Å². The third-order valence-electron chi connectivity index (χ3n) is 3.55.